The summed E-state index contributed by atoms with van der Waals surface area (Å²) >= 11 is 0. The number of esters is 1. The van der Waals surface area contributed by atoms with Crippen molar-refractivity contribution in [3.8, 4) is 12.3 Å². The van der Waals surface area contributed by atoms with Crippen LogP contribution in [0.25, 0.3) is 0 Å². The molecule has 0 spiro atoms. The maximum absolute atomic E-state index is 11.2. The third-order valence-electron chi connectivity index (χ3n) is 1.71. The van der Waals surface area contributed by atoms with E-state index in [0.29, 0.717) is 11.0 Å². The standard InChI is InChI=1S/C11H18NO2.ClH/c1-5-7-8-12(3,4)10-11(13)14-9-6-2;/h2,5,7H,8-10H2,1,3-4H3;1H/q+1;/p-1. The van der Waals surface area contributed by atoms with Crippen LogP contribution < -0.4 is 12.4 Å². The quantitative estimate of drug-likeness (QED) is 0.233. The van der Waals surface area contributed by atoms with Gasteiger partial charge in [-0.2, -0.15) is 0 Å². The van der Waals surface area contributed by atoms with Crippen molar-refractivity contribution >= 4 is 5.97 Å². The third kappa shape index (κ3) is 9.33. The van der Waals surface area contributed by atoms with Gasteiger partial charge in [-0.05, 0) is 13.0 Å². The monoisotopic (exact) mass is 231 g/mol. The minimum Gasteiger partial charge on any atom is -1.00 e. The molecule has 0 fully saturated rings. The molecular weight excluding hydrogens is 214 g/mol. The molecule has 0 radical (unpaired) electrons. The second-order valence-corrected chi connectivity index (χ2v) is 3.71. The van der Waals surface area contributed by atoms with E-state index in [1.165, 1.54) is 0 Å². The first-order valence-electron chi connectivity index (χ1n) is 4.54. The summed E-state index contributed by atoms with van der Waals surface area (Å²) < 4.78 is 5.37. The fraction of sp³-hybridized carbons (Fsp3) is 0.545. The highest BCUT2D eigenvalue weighted by molar-refractivity contribution is 5.70. The Labute approximate surface area is 98.1 Å². The van der Waals surface area contributed by atoms with E-state index in [1.54, 1.807) is 0 Å². The fourth-order valence-corrected chi connectivity index (χ4v) is 0.973. The lowest BCUT2D eigenvalue weighted by Gasteiger charge is -2.26. The number of allylic oxidation sites excluding steroid dienone is 1. The summed E-state index contributed by atoms with van der Waals surface area (Å²) in [6.45, 7) is 3.16. The number of likely N-dealkylation sites (N-methyl/N-ethyl adjacent to an activating group) is 1. The van der Waals surface area contributed by atoms with Gasteiger partial charge in [0.05, 0.1) is 20.6 Å². The zero-order valence-corrected chi connectivity index (χ0v) is 10.3. The first-order chi connectivity index (χ1) is 6.52. The van der Waals surface area contributed by atoms with E-state index in [9.17, 15) is 4.79 Å². The van der Waals surface area contributed by atoms with Crippen LogP contribution in [0.4, 0.5) is 0 Å². The highest BCUT2D eigenvalue weighted by atomic mass is 35.5. The van der Waals surface area contributed by atoms with E-state index >= 15 is 0 Å². The molecule has 0 aromatic heterocycles. The van der Waals surface area contributed by atoms with Crippen LogP contribution in [-0.4, -0.2) is 44.2 Å². The van der Waals surface area contributed by atoms with Gasteiger partial charge >= 0.3 is 5.97 Å². The van der Waals surface area contributed by atoms with Crippen molar-refractivity contribution in [3.05, 3.63) is 12.2 Å². The summed E-state index contributed by atoms with van der Waals surface area (Å²) in [4.78, 5) is 11.2. The van der Waals surface area contributed by atoms with Crippen molar-refractivity contribution in [3.63, 3.8) is 0 Å². The van der Waals surface area contributed by atoms with Crippen LogP contribution in [0.3, 0.4) is 0 Å². The maximum atomic E-state index is 11.2. The van der Waals surface area contributed by atoms with Crippen LogP contribution in [-0.2, 0) is 9.53 Å². The Morgan fingerprint density at radius 1 is 1.53 bits per heavy atom. The molecule has 4 heteroatoms. The smallest absolute Gasteiger partial charge is 0.362 e. The van der Waals surface area contributed by atoms with Gasteiger partial charge in [0.25, 0.3) is 0 Å². The van der Waals surface area contributed by atoms with E-state index in [0.717, 1.165) is 6.54 Å². The highest BCUT2D eigenvalue weighted by Crippen LogP contribution is 1.98. The van der Waals surface area contributed by atoms with Gasteiger partial charge in [-0.25, -0.2) is 4.79 Å². The van der Waals surface area contributed by atoms with Gasteiger partial charge in [0.2, 0.25) is 0 Å². The number of quaternary nitrogens is 1. The number of hydrogen-bond donors (Lipinski definition) is 0. The summed E-state index contributed by atoms with van der Waals surface area (Å²) in [6.07, 6.45) is 8.96. The van der Waals surface area contributed by atoms with Gasteiger partial charge in [0.1, 0.15) is 0 Å². The second kappa shape index (κ2) is 8.34. The molecule has 0 aromatic carbocycles. The Morgan fingerprint density at radius 3 is 2.60 bits per heavy atom. The number of terminal acetylenes is 1. The summed E-state index contributed by atoms with van der Waals surface area (Å²) in [7, 11) is 3.94. The number of carbonyl (C=O) groups is 1. The van der Waals surface area contributed by atoms with E-state index < -0.39 is 0 Å². The Bertz CT molecular complexity index is 254. The largest absolute Gasteiger partial charge is 1.00 e. The molecule has 0 unspecified atom stereocenters. The number of halogens is 1. The molecule has 15 heavy (non-hydrogen) atoms. The minimum atomic E-state index is -0.252. The zero-order chi connectivity index (χ0) is 11.0. The van der Waals surface area contributed by atoms with Crippen molar-refractivity contribution < 1.29 is 26.4 Å². The Hall–Kier alpha value is -0.980. The Balaban J connectivity index is 0. The van der Waals surface area contributed by atoms with E-state index in [4.69, 9.17) is 11.2 Å². The number of carbonyl (C=O) groups excluding carboxylic acids is 1. The number of rotatable bonds is 5. The van der Waals surface area contributed by atoms with Crippen LogP contribution in [0.2, 0.25) is 0 Å². The first kappa shape index (κ1) is 16.4. The van der Waals surface area contributed by atoms with Gasteiger partial charge in [0, 0.05) is 0 Å². The third-order valence-corrected chi connectivity index (χ3v) is 1.71. The molecule has 0 bridgehead atoms. The van der Waals surface area contributed by atoms with Crippen molar-refractivity contribution in [1.82, 2.24) is 0 Å². The van der Waals surface area contributed by atoms with Crippen molar-refractivity contribution in [2.24, 2.45) is 0 Å². The summed E-state index contributed by atoms with van der Waals surface area (Å²) in [6, 6.07) is 0. The predicted molar refractivity (Wildman–Crippen MR) is 56.4 cm³/mol. The Kier molecular flexibility index (Phi) is 9.14. The van der Waals surface area contributed by atoms with Crippen LogP contribution >= 0.6 is 0 Å². The molecule has 0 heterocycles. The molecule has 0 saturated carbocycles. The zero-order valence-electron chi connectivity index (χ0n) is 9.50. The molecular formula is C11H18ClNO2. The van der Waals surface area contributed by atoms with E-state index in [-0.39, 0.29) is 25.0 Å². The summed E-state index contributed by atoms with van der Waals surface area (Å²) in [5, 5.41) is 0. The normalized spacial score (nSPS) is 10.5. The molecule has 86 valence electrons. The summed E-state index contributed by atoms with van der Waals surface area (Å²) in [5.41, 5.74) is 0. The molecule has 0 amide bonds. The fourth-order valence-electron chi connectivity index (χ4n) is 0.973. The van der Waals surface area contributed by atoms with Gasteiger partial charge in [0.15, 0.2) is 13.2 Å². The molecule has 0 aromatic rings. The SMILES string of the molecule is C#CCOC(=O)C[N+](C)(C)CC=CC.[Cl-]. The molecule has 0 aliphatic rings. The minimum absolute atomic E-state index is 0. The Morgan fingerprint density at radius 2 is 2.13 bits per heavy atom. The molecule has 0 rings (SSSR count). The number of nitrogens with zero attached hydrogens (tertiary/aromatic N) is 1. The molecule has 0 N–H and O–H groups in total. The van der Waals surface area contributed by atoms with Crippen LogP contribution in [0, 0.1) is 12.3 Å². The van der Waals surface area contributed by atoms with Gasteiger partial charge in [-0.15, -0.1) is 6.42 Å². The lowest BCUT2D eigenvalue weighted by atomic mass is 10.4. The van der Waals surface area contributed by atoms with E-state index in [2.05, 4.69) is 5.92 Å². The molecule has 0 aliphatic carbocycles. The summed E-state index contributed by atoms with van der Waals surface area (Å²) in [5.74, 6) is 2.01. The lowest BCUT2D eigenvalue weighted by molar-refractivity contribution is -0.877. The molecule has 0 atom stereocenters. The van der Waals surface area contributed by atoms with Gasteiger partial charge < -0.3 is 21.6 Å². The van der Waals surface area contributed by atoms with Crippen LogP contribution in [0.5, 0.6) is 0 Å². The molecule has 0 aliphatic heterocycles. The van der Waals surface area contributed by atoms with E-state index in [1.807, 2.05) is 33.2 Å². The predicted octanol–water partition coefficient (Wildman–Crippen LogP) is -2.18. The average Bonchev–Trinajstić information content (AvgIpc) is 2.11. The first-order valence-corrected chi connectivity index (χ1v) is 4.54. The second-order valence-electron chi connectivity index (χ2n) is 3.71. The lowest BCUT2D eigenvalue weighted by Crippen LogP contribution is -3.00. The molecule has 0 saturated heterocycles. The molecule has 3 nitrogen and oxygen atoms in total. The van der Waals surface area contributed by atoms with Crippen LogP contribution in [0.15, 0.2) is 12.2 Å². The number of ether oxygens (including phenoxy) is 1. The topological polar surface area (TPSA) is 26.3 Å². The van der Waals surface area contributed by atoms with Crippen molar-refractivity contribution in [2.45, 2.75) is 6.92 Å². The average molecular weight is 232 g/mol. The highest BCUT2D eigenvalue weighted by Gasteiger charge is 2.19. The van der Waals surface area contributed by atoms with Crippen LogP contribution in [0.1, 0.15) is 6.92 Å². The maximum Gasteiger partial charge on any atom is 0.362 e. The van der Waals surface area contributed by atoms with Gasteiger partial charge in [-0.3, -0.25) is 0 Å². The van der Waals surface area contributed by atoms with Crippen molar-refractivity contribution in [1.29, 1.82) is 0 Å². The number of hydrogen-bond acceptors (Lipinski definition) is 2. The van der Waals surface area contributed by atoms with Crippen molar-refractivity contribution in [2.75, 3.05) is 33.8 Å². The van der Waals surface area contributed by atoms with Gasteiger partial charge in [-0.1, -0.05) is 12.0 Å².